The van der Waals surface area contributed by atoms with Gasteiger partial charge < -0.3 is 19.5 Å². The second kappa shape index (κ2) is 6.99. The van der Waals surface area contributed by atoms with Gasteiger partial charge in [0, 0.05) is 11.1 Å². The van der Waals surface area contributed by atoms with Gasteiger partial charge in [0.25, 0.3) is 5.91 Å². The van der Waals surface area contributed by atoms with E-state index in [0.717, 1.165) is 10.8 Å². The Morgan fingerprint density at radius 1 is 1.00 bits per heavy atom. The van der Waals surface area contributed by atoms with E-state index in [-0.39, 0.29) is 6.79 Å². The number of fused-ring (bicyclic) bond motifs is 2. The smallest absolute Gasteiger partial charge is 0.339 e. The van der Waals surface area contributed by atoms with Crippen molar-refractivity contribution >= 4 is 28.3 Å². The van der Waals surface area contributed by atoms with Crippen molar-refractivity contribution in [1.29, 1.82) is 0 Å². The summed E-state index contributed by atoms with van der Waals surface area (Å²) in [6.45, 7) is 1.66. The molecule has 0 unspecified atom stereocenters. The van der Waals surface area contributed by atoms with Gasteiger partial charge >= 0.3 is 5.97 Å². The van der Waals surface area contributed by atoms with Crippen molar-refractivity contribution in [3.05, 3.63) is 66.2 Å². The minimum absolute atomic E-state index is 0.123. The summed E-state index contributed by atoms with van der Waals surface area (Å²) in [5.41, 5.74) is 0.966. The summed E-state index contributed by atoms with van der Waals surface area (Å²) < 4.78 is 15.8. The topological polar surface area (TPSA) is 73.9 Å². The molecule has 4 rings (SSSR count). The largest absolute Gasteiger partial charge is 0.454 e. The number of carbonyl (C=O) groups is 2. The highest BCUT2D eigenvalue weighted by atomic mass is 16.7. The molecule has 0 spiro atoms. The quantitative estimate of drug-likeness (QED) is 0.715. The van der Waals surface area contributed by atoms with Gasteiger partial charge in [-0.05, 0) is 36.6 Å². The number of anilines is 1. The van der Waals surface area contributed by atoms with Crippen molar-refractivity contribution in [3.8, 4) is 11.5 Å². The molecule has 0 radical (unpaired) electrons. The molecule has 1 aliphatic heterocycles. The molecule has 1 amide bonds. The van der Waals surface area contributed by atoms with Crippen LogP contribution in [-0.2, 0) is 9.53 Å². The molecule has 0 aliphatic carbocycles. The Morgan fingerprint density at radius 3 is 2.67 bits per heavy atom. The van der Waals surface area contributed by atoms with Crippen LogP contribution < -0.4 is 14.8 Å². The van der Waals surface area contributed by atoms with Gasteiger partial charge in [0.15, 0.2) is 17.6 Å². The molecular weight excluding hydrogens is 346 g/mol. The zero-order valence-electron chi connectivity index (χ0n) is 14.6. The SMILES string of the molecule is C[C@@H](OC(=O)c1ccc2c(c1)OCO2)C(=O)Nc1cccc2ccccc12. The molecular formula is C21H17NO5. The third-order valence-corrected chi connectivity index (χ3v) is 4.31. The van der Waals surface area contributed by atoms with Crippen LogP contribution in [0.4, 0.5) is 5.69 Å². The summed E-state index contributed by atoms with van der Waals surface area (Å²) in [4.78, 5) is 24.8. The lowest BCUT2D eigenvalue weighted by Crippen LogP contribution is -2.30. The fourth-order valence-electron chi connectivity index (χ4n) is 2.87. The highest BCUT2D eigenvalue weighted by Crippen LogP contribution is 2.32. The molecule has 3 aromatic carbocycles. The molecule has 0 fully saturated rings. The van der Waals surface area contributed by atoms with E-state index >= 15 is 0 Å². The van der Waals surface area contributed by atoms with Crippen LogP contribution in [0.2, 0.25) is 0 Å². The van der Waals surface area contributed by atoms with Gasteiger partial charge in [0.2, 0.25) is 6.79 Å². The van der Waals surface area contributed by atoms with Gasteiger partial charge in [-0.15, -0.1) is 0 Å². The first-order chi connectivity index (χ1) is 13.1. The maximum Gasteiger partial charge on any atom is 0.339 e. The van der Waals surface area contributed by atoms with Crippen LogP contribution in [0.1, 0.15) is 17.3 Å². The average molecular weight is 363 g/mol. The number of esters is 1. The normalized spacial score (nSPS) is 13.2. The lowest BCUT2D eigenvalue weighted by atomic mass is 10.1. The number of hydrogen-bond acceptors (Lipinski definition) is 5. The lowest BCUT2D eigenvalue weighted by Gasteiger charge is -2.15. The van der Waals surface area contributed by atoms with E-state index in [1.54, 1.807) is 18.2 Å². The molecule has 1 N–H and O–H groups in total. The third kappa shape index (κ3) is 3.42. The molecule has 3 aromatic rings. The molecule has 6 heteroatoms. The molecule has 1 heterocycles. The zero-order valence-corrected chi connectivity index (χ0v) is 14.6. The Labute approximate surface area is 155 Å². The van der Waals surface area contributed by atoms with E-state index in [0.29, 0.717) is 22.7 Å². The summed E-state index contributed by atoms with van der Waals surface area (Å²) in [5.74, 6) is 0.0555. The van der Waals surface area contributed by atoms with E-state index in [1.807, 2.05) is 42.5 Å². The summed E-state index contributed by atoms with van der Waals surface area (Å²) in [6.07, 6.45) is -0.957. The fourth-order valence-corrected chi connectivity index (χ4v) is 2.87. The number of ether oxygens (including phenoxy) is 3. The molecule has 136 valence electrons. The molecule has 0 saturated heterocycles. The fraction of sp³-hybridized carbons (Fsp3) is 0.143. The summed E-state index contributed by atoms with van der Waals surface area (Å²) >= 11 is 0. The van der Waals surface area contributed by atoms with Crippen molar-refractivity contribution in [2.45, 2.75) is 13.0 Å². The van der Waals surface area contributed by atoms with Gasteiger partial charge in [-0.25, -0.2) is 4.79 Å². The minimum atomic E-state index is -0.957. The van der Waals surface area contributed by atoms with Gasteiger partial charge in [-0.3, -0.25) is 4.79 Å². The predicted molar refractivity (Wildman–Crippen MR) is 100 cm³/mol. The van der Waals surface area contributed by atoms with Crippen molar-refractivity contribution in [1.82, 2.24) is 0 Å². The second-order valence-electron chi connectivity index (χ2n) is 6.13. The Hall–Kier alpha value is -3.54. The monoisotopic (exact) mass is 363 g/mol. The highest BCUT2D eigenvalue weighted by molar-refractivity contribution is 6.04. The number of amides is 1. The van der Waals surface area contributed by atoms with Crippen LogP contribution in [0.5, 0.6) is 11.5 Å². The Balaban J connectivity index is 1.45. The first-order valence-corrected chi connectivity index (χ1v) is 8.51. The Morgan fingerprint density at radius 2 is 1.78 bits per heavy atom. The maximum atomic E-state index is 12.5. The van der Waals surface area contributed by atoms with Crippen molar-refractivity contribution in [2.24, 2.45) is 0 Å². The van der Waals surface area contributed by atoms with E-state index in [1.165, 1.54) is 6.92 Å². The average Bonchev–Trinajstić information content (AvgIpc) is 3.16. The number of hydrogen-bond donors (Lipinski definition) is 1. The Bertz CT molecular complexity index is 1020. The van der Waals surface area contributed by atoms with Gasteiger partial charge in [-0.1, -0.05) is 36.4 Å². The number of carbonyl (C=O) groups excluding carboxylic acids is 2. The van der Waals surface area contributed by atoms with Crippen molar-refractivity contribution in [2.75, 3.05) is 12.1 Å². The number of benzene rings is 3. The first-order valence-electron chi connectivity index (χ1n) is 8.51. The standard InChI is InChI=1S/C21H17NO5/c1-13(27-21(24)15-9-10-18-19(11-15)26-12-25-18)20(23)22-17-8-4-6-14-5-2-3-7-16(14)17/h2-11,13H,12H2,1H3,(H,22,23)/t13-/m1/s1. The van der Waals surface area contributed by atoms with Crippen LogP contribution >= 0.6 is 0 Å². The predicted octanol–water partition coefficient (Wildman–Crippen LogP) is 3.75. The third-order valence-electron chi connectivity index (χ3n) is 4.31. The second-order valence-corrected chi connectivity index (χ2v) is 6.13. The summed E-state index contributed by atoms with van der Waals surface area (Å²) in [5, 5.41) is 4.76. The molecule has 0 saturated carbocycles. The molecule has 1 aliphatic rings. The first kappa shape index (κ1) is 16.9. The van der Waals surface area contributed by atoms with Crippen LogP contribution in [-0.4, -0.2) is 24.8 Å². The van der Waals surface area contributed by atoms with Crippen molar-refractivity contribution < 1.29 is 23.8 Å². The summed E-state index contributed by atoms with van der Waals surface area (Å²) in [6, 6.07) is 18.1. The lowest BCUT2D eigenvalue weighted by molar-refractivity contribution is -0.123. The van der Waals surface area contributed by atoms with Gasteiger partial charge in [0.1, 0.15) is 0 Å². The van der Waals surface area contributed by atoms with Gasteiger partial charge in [-0.2, -0.15) is 0 Å². The highest BCUT2D eigenvalue weighted by Gasteiger charge is 2.22. The van der Waals surface area contributed by atoms with E-state index in [2.05, 4.69) is 5.32 Å². The van der Waals surface area contributed by atoms with E-state index < -0.39 is 18.0 Å². The molecule has 1 atom stereocenters. The molecule has 0 aromatic heterocycles. The minimum Gasteiger partial charge on any atom is -0.454 e. The van der Waals surface area contributed by atoms with E-state index in [9.17, 15) is 9.59 Å². The van der Waals surface area contributed by atoms with Crippen molar-refractivity contribution in [3.63, 3.8) is 0 Å². The van der Waals surface area contributed by atoms with Crippen LogP contribution in [0.3, 0.4) is 0 Å². The van der Waals surface area contributed by atoms with Crippen LogP contribution in [0.15, 0.2) is 60.7 Å². The van der Waals surface area contributed by atoms with Crippen LogP contribution in [0.25, 0.3) is 10.8 Å². The van der Waals surface area contributed by atoms with E-state index in [4.69, 9.17) is 14.2 Å². The zero-order chi connectivity index (χ0) is 18.8. The number of rotatable bonds is 4. The molecule has 6 nitrogen and oxygen atoms in total. The maximum absolute atomic E-state index is 12.5. The molecule has 0 bridgehead atoms. The van der Waals surface area contributed by atoms with Crippen LogP contribution in [0, 0.1) is 0 Å². The summed E-state index contributed by atoms with van der Waals surface area (Å²) in [7, 11) is 0. The van der Waals surface area contributed by atoms with Gasteiger partial charge in [0.05, 0.1) is 5.56 Å². The molecule has 27 heavy (non-hydrogen) atoms. The Kier molecular flexibility index (Phi) is 4.38. The number of nitrogens with one attached hydrogen (secondary N) is 1.